The number of aryl methyl sites for hydroxylation is 1. The number of hydrogen-bond donors (Lipinski definition) is 3. The van der Waals surface area contributed by atoms with E-state index in [4.69, 9.17) is 16.3 Å². The van der Waals surface area contributed by atoms with Crippen molar-refractivity contribution in [3.05, 3.63) is 59.9 Å². The summed E-state index contributed by atoms with van der Waals surface area (Å²) in [5.41, 5.74) is 9.06. The molecule has 10 heteroatoms. The minimum atomic E-state index is 0.269. The summed E-state index contributed by atoms with van der Waals surface area (Å²) in [6.45, 7) is 2.26. The van der Waals surface area contributed by atoms with E-state index in [9.17, 15) is 0 Å². The third-order valence-electron chi connectivity index (χ3n) is 5.69. The Bertz CT molecular complexity index is 1090. The molecule has 0 saturated heterocycles. The van der Waals surface area contributed by atoms with Crippen LogP contribution in [0.2, 0.25) is 0 Å². The zero-order chi connectivity index (χ0) is 23.2. The number of likely N-dealkylation sites (N-methyl/N-ethyl adjacent to an activating group) is 1. The minimum absolute atomic E-state index is 0.269. The number of anilines is 1. The lowest BCUT2D eigenvalue weighted by Crippen LogP contribution is -2.32. The topological polar surface area (TPSA) is 133 Å². The maximum atomic E-state index is 6.47. The van der Waals surface area contributed by atoms with Crippen LogP contribution in [0.5, 0.6) is 5.75 Å². The average molecular weight is 450 g/mol. The maximum Gasteiger partial charge on any atom is 0.224 e. The van der Waals surface area contributed by atoms with Gasteiger partial charge in [-0.3, -0.25) is 0 Å². The SMILES string of the molecule is Cc1nc(/C(N)=C(\CNc2nccc(-n3cccn3)n2)N(C)N)ccc1OC1CCCCC1. The van der Waals surface area contributed by atoms with E-state index in [1.807, 2.05) is 31.3 Å². The molecule has 0 amide bonds. The van der Waals surface area contributed by atoms with Crippen LogP contribution in [0.15, 0.2) is 48.6 Å². The van der Waals surface area contributed by atoms with Gasteiger partial charge in [0.25, 0.3) is 0 Å². The molecule has 0 spiro atoms. The molecule has 5 N–H and O–H groups in total. The molecule has 1 aliphatic carbocycles. The Labute approximate surface area is 193 Å². The van der Waals surface area contributed by atoms with Crippen LogP contribution in [0.25, 0.3) is 11.5 Å². The summed E-state index contributed by atoms with van der Waals surface area (Å²) in [6, 6.07) is 7.43. The van der Waals surface area contributed by atoms with Crippen LogP contribution >= 0.6 is 0 Å². The molecule has 3 aromatic rings. The molecular formula is C23H31N9O. The average Bonchev–Trinajstić information content (AvgIpc) is 3.36. The highest BCUT2D eigenvalue weighted by Gasteiger charge is 2.17. The number of rotatable bonds is 8. The molecule has 174 valence electrons. The van der Waals surface area contributed by atoms with E-state index >= 15 is 0 Å². The van der Waals surface area contributed by atoms with E-state index in [1.165, 1.54) is 24.3 Å². The number of hydrazine groups is 1. The number of nitrogens with one attached hydrogen (secondary N) is 1. The Balaban J connectivity index is 1.49. The van der Waals surface area contributed by atoms with Gasteiger partial charge in [-0.15, -0.1) is 0 Å². The molecule has 3 aromatic heterocycles. The Morgan fingerprint density at radius 2 is 2.00 bits per heavy atom. The van der Waals surface area contributed by atoms with Crippen LogP contribution in [-0.4, -0.2) is 49.4 Å². The standard InChI is InChI=1S/C23H31N9O/c1-16-20(33-17-7-4-3-5-8-17)10-9-18(29-16)22(24)19(31(2)25)15-27-23-26-13-11-21(30-23)32-14-6-12-28-32/h6,9-14,17H,3-5,7-8,15,24-25H2,1-2H3,(H,26,27,30)/b22-19-. The second-order valence-electron chi connectivity index (χ2n) is 8.17. The number of nitrogens with zero attached hydrogens (tertiary/aromatic N) is 6. The van der Waals surface area contributed by atoms with Crippen LogP contribution in [0.3, 0.4) is 0 Å². The normalized spacial score (nSPS) is 15.1. The van der Waals surface area contributed by atoms with Gasteiger partial charge in [0.1, 0.15) is 5.75 Å². The second-order valence-corrected chi connectivity index (χ2v) is 8.17. The third-order valence-corrected chi connectivity index (χ3v) is 5.69. The number of hydrogen-bond acceptors (Lipinski definition) is 9. The highest BCUT2D eigenvalue weighted by Crippen LogP contribution is 2.26. The Hall–Kier alpha value is -3.66. The smallest absolute Gasteiger partial charge is 0.224 e. The van der Waals surface area contributed by atoms with Crippen molar-refractivity contribution in [3.63, 3.8) is 0 Å². The van der Waals surface area contributed by atoms with E-state index in [0.29, 0.717) is 35.4 Å². The van der Waals surface area contributed by atoms with Crippen molar-refractivity contribution in [3.8, 4) is 11.6 Å². The van der Waals surface area contributed by atoms with Crippen molar-refractivity contribution >= 4 is 11.6 Å². The van der Waals surface area contributed by atoms with Crippen molar-refractivity contribution in [1.29, 1.82) is 0 Å². The fraction of sp³-hybridized carbons (Fsp3) is 0.391. The quantitative estimate of drug-likeness (QED) is 0.350. The first-order chi connectivity index (χ1) is 16.0. The Kier molecular flexibility index (Phi) is 7.04. The summed E-state index contributed by atoms with van der Waals surface area (Å²) in [7, 11) is 1.73. The van der Waals surface area contributed by atoms with E-state index in [-0.39, 0.29) is 6.10 Å². The molecular weight excluding hydrogens is 418 g/mol. The van der Waals surface area contributed by atoms with E-state index < -0.39 is 0 Å². The summed E-state index contributed by atoms with van der Waals surface area (Å²) in [4.78, 5) is 13.4. The van der Waals surface area contributed by atoms with Gasteiger partial charge in [-0.2, -0.15) is 10.1 Å². The van der Waals surface area contributed by atoms with E-state index in [1.54, 1.807) is 30.2 Å². The lowest BCUT2D eigenvalue weighted by Gasteiger charge is -2.24. The van der Waals surface area contributed by atoms with Gasteiger partial charge < -0.3 is 20.8 Å². The largest absolute Gasteiger partial charge is 0.489 e. The van der Waals surface area contributed by atoms with Crippen molar-refractivity contribution in [2.75, 3.05) is 18.9 Å². The van der Waals surface area contributed by atoms with Gasteiger partial charge in [0.2, 0.25) is 5.95 Å². The molecule has 1 fully saturated rings. The van der Waals surface area contributed by atoms with Gasteiger partial charge in [-0.1, -0.05) is 6.42 Å². The number of pyridine rings is 1. The van der Waals surface area contributed by atoms with Crippen molar-refractivity contribution in [2.45, 2.75) is 45.1 Å². The zero-order valence-electron chi connectivity index (χ0n) is 19.1. The third kappa shape index (κ3) is 5.58. The van der Waals surface area contributed by atoms with E-state index in [2.05, 4.69) is 25.4 Å². The van der Waals surface area contributed by atoms with Crippen molar-refractivity contribution < 1.29 is 4.74 Å². The predicted octanol–water partition coefficient (Wildman–Crippen LogP) is 2.62. The molecule has 0 bridgehead atoms. The van der Waals surface area contributed by atoms with Crippen LogP contribution in [0, 0.1) is 6.92 Å². The van der Waals surface area contributed by atoms with Gasteiger partial charge in [0.05, 0.1) is 35.4 Å². The maximum absolute atomic E-state index is 6.47. The van der Waals surface area contributed by atoms with Crippen LogP contribution < -0.4 is 21.6 Å². The number of aromatic nitrogens is 5. The summed E-state index contributed by atoms with van der Waals surface area (Å²) in [5.74, 6) is 7.99. The molecule has 0 aromatic carbocycles. The molecule has 10 nitrogen and oxygen atoms in total. The van der Waals surface area contributed by atoms with Crippen LogP contribution in [-0.2, 0) is 0 Å². The van der Waals surface area contributed by atoms with Gasteiger partial charge in [0.15, 0.2) is 5.82 Å². The Morgan fingerprint density at radius 1 is 1.18 bits per heavy atom. The summed E-state index contributed by atoms with van der Waals surface area (Å²) in [6.07, 6.45) is 11.4. The molecule has 0 atom stereocenters. The first-order valence-electron chi connectivity index (χ1n) is 11.2. The van der Waals surface area contributed by atoms with Gasteiger partial charge in [0, 0.05) is 31.7 Å². The minimum Gasteiger partial charge on any atom is -0.489 e. The molecule has 1 aliphatic rings. The molecule has 4 rings (SSSR count). The van der Waals surface area contributed by atoms with Gasteiger partial charge in [-0.25, -0.2) is 20.5 Å². The number of nitrogens with two attached hydrogens (primary N) is 2. The highest BCUT2D eigenvalue weighted by molar-refractivity contribution is 5.64. The summed E-state index contributed by atoms with van der Waals surface area (Å²) < 4.78 is 7.85. The zero-order valence-corrected chi connectivity index (χ0v) is 19.1. The molecule has 1 saturated carbocycles. The molecule has 33 heavy (non-hydrogen) atoms. The molecule has 3 heterocycles. The molecule has 0 radical (unpaired) electrons. The number of ether oxygens (including phenoxy) is 1. The fourth-order valence-corrected chi connectivity index (χ4v) is 3.87. The fourth-order valence-electron chi connectivity index (χ4n) is 3.87. The monoisotopic (exact) mass is 449 g/mol. The lowest BCUT2D eigenvalue weighted by molar-refractivity contribution is 0.153. The first-order valence-corrected chi connectivity index (χ1v) is 11.2. The Morgan fingerprint density at radius 3 is 2.70 bits per heavy atom. The van der Waals surface area contributed by atoms with Crippen molar-refractivity contribution in [2.24, 2.45) is 11.6 Å². The lowest BCUT2D eigenvalue weighted by atomic mass is 9.98. The second kappa shape index (κ2) is 10.3. The summed E-state index contributed by atoms with van der Waals surface area (Å²) in [5, 5.41) is 8.85. The highest BCUT2D eigenvalue weighted by atomic mass is 16.5. The molecule has 0 unspecified atom stereocenters. The van der Waals surface area contributed by atoms with Gasteiger partial charge >= 0.3 is 0 Å². The van der Waals surface area contributed by atoms with Gasteiger partial charge in [-0.05, 0) is 50.8 Å². The first kappa shape index (κ1) is 22.5. The van der Waals surface area contributed by atoms with E-state index in [0.717, 1.165) is 24.3 Å². The predicted molar refractivity (Wildman–Crippen MR) is 127 cm³/mol. The summed E-state index contributed by atoms with van der Waals surface area (Å²) >= 11 is 0. The van der Waals surface area contributed by atoms with Crippen LogP contribution in [0.4, 0.5) is 5.95 Å². The van der Waals surface area contributed by atoms with Crippen LogP contribution in [0.1, 0.15) is 43.5 Å². The molecule has 0 aliphatic heterocycles. The van der Waals surface area contributed by atoms with Crippen molar-refractivity contribution in [1.82, 2.24) is 29.7 Å².